The number of H-pyrrole nitrogens is 1. The zero-order chi connectivity index (χ0) is 15.5. The number of aromatic nitrogens is 3. The van der Waals surface area contributed by atoms with Gasteiger partial charge in [-0.3, -0.25) is 9.89 Å². The van der Waals surface area contributed by atoms with E-state index < -0.39 is 0 Å². The van der Waals surface area contributed by atoms with Crippen molar-refractivity contribution in [1.29, 1.82) is 0 Å². The van der Waals surface area contributed by atoms with Crippen molar-refractivity contribution in [3.8, 4) is 0 Å². The molecule has 1 aliphatic rings. The molecule has 2 N–H and O–H groups in total. The number of anilines is 1. The number of hydrogen-bond donors (Lipinski definition) is 2. The van der Waals surface area contributed by atoms with Gasteiger partial charge in [-0.25, -0.2) is 0 Å². The standard InChI is InChI=1S/C17H24N4O/c1-12-15(8-9-21(12)2)17(22)18-16-11-14(19-20-16)10-13-6-4-3-5-7-13/h8-9,11,13H,3-7,10H2,1-2H3,(H2,18,19,20,22). The molecule has 0 unspecified atom stereocenters. The van der Waals surface area contributed by atoms with Crippen LogP contribution in [0.1, 0.15) is 53.8 Å². The second-order valence-corrected chi connectivity index (χ2v) is 6.37. The second kappa shape index (κ2) is 6.38. The smallest absolute Gasteiger partial charge is 0.258 e. The van der Waals surface area contributed by atoms with Gasteiger partial charge in [0.1, 0.15) is 0 Å². The van der Waals surface area contributed by atoms with E-state index in [1.54, 1.807) is 0 Å². The maximum atomic E-state index is 12.3. The van der Waals surface area contributed by atoms with E-state index in [9.17, 15) is 4.79 Å². The highest BCUT2D eigenvalue weighted by Crippen LogP contribution is 2.26. The van der Waals surface area contributed by atoms with Crippen molar-refractivity contribution >= 4 is 11.7 Å². The summed E-state index contributed by atoms with van der Waals surface area (Å²) < 4.78 is 1.94. The summed E-state index contributed by atoms with van der Waals surface area (Å²) in [4.78, 5) is 12.3. The van der Waals surface area contributed by atoms with Crippen LogP contribution < -0.4 is 5.32 Å². The Balaban J connectivity index is 1.61. The maximum Gasteiger partial charge on any atom is 0.258 e. The highest BCUT2D eigenvalue weighted by Gasteiger charge is 2.16. The summed E-state index contributed by atoms with van der Waals surface area (Å²) in [6.45, 7) is 1.94. The summed E-state index contributed by atoms with van der Waals surface area (Å²) >= 11 is 0. The lowest BCUT2D eigenvalue weighted by atomic mass is 9.86. The molecule has 0 atom stereocenters. The van der Waals surface area contributed by atoms with Gasteiger partial charge in [0, 0.05) is 30.7 Å². The van der Waals surface area contributed by atoms with Crippen LogP contribution in [-0.4, -0.2) is 20.7 Å². The fourth-order valence-corrected chi connectivity index (χ4v) is 3.26. The summed E-state index contributed by atoms with van der Waals surface area (Å²) in [6, 6.07) is 3.80. The highest BCUT2D eigenvalue weighted by atomic mass is 16.1. The number of amides is 1. The Kier molecular flexibility index (Phi) is 4.32. The van der Waals surface area contributed by atoms with Crippen molar-refractivity contribution in [2.75, 3.05) is 5.32 Å². The van der Waals surface area contributed by atoms with Gasteiger partial charge in [0.2, 0.25) is 0 Å². The molecule has 2 aromatic heterocycles. The first-order chi connectivity index (χ1) is 10.6. The lowest BCUT2D eigenvalue weighted by Crippen LogP contribution is -2.13. The van der Waals surface area contributed by atoms with E-state index in [1.165, 1.54) is 32.1 Å². The number of aromatic amines is 1. The monoisotopic (exact) mass is 300 g/mol. The molecule has 3 rings (SSSR count). The number of carbonyl (C=O) groups excluding carboxylic acids is 1. The number of nitrogens with one attached hydrogen (secondary N) is 2. The van der Waals surface area contributed by atoms with Gasteiger partial charge in [0.15, 0.2) is 5.82 Å². The molecule has 0 bridgehead atoms. The minimum atomic E-state index is -0.103. The van der Waals surface area contributed by atoms with Crippen molar-refractivity contribution in [3.05, 3.63) is 35.3 Å². The lowest BCUT2D eigenvalue weighted by Gasteiger charge is -2.20. The molecule has 0 spiro atoms. The first kappa shape index (κ1) is 14.9. The van der Waals surface area contributed by atoms with E-state index in [4.69, 9.17) is 0 Å². The zero-order valence-corrected chi connectivity index (χ0v) is 13.4. The topological polar surface area (TPSA) is 62.7 Å². The third-order valence-corrected chi connectivity index (χ3v) is 4.73. The second-order valence-electron chi connectivity index (χ2n) is 6.37. The number of rotatable bonds is 4. The fourth-order valence-electron chi connectivity index (χ4n) is 3.26. The molecule has 5 nitrogen and oxygen atoms in total. The van der Waals surface area contributed by atoms with Gasteiger partial charge in [0.25, 0.3) is 5.91 Å². The highest BCUT2D eigenvalue weighted by molar-refractivity contribution is 6.04. The molecule has 2 heterocycles. The average Bonchev–Trinajstić information content (AvgIpc) is 3.08. The van der Waals surface area contributed by atoms with Gasteiger partial charge in [-0.2, -0.15) is 5.10 Å². The van der Waals surface area contributed by atoms with Crippen molar-refractivity contribution in [3.63, 3.8) is 0 Å². The number of hydrogen-bond acceptors (Lipinski definition) is 2. The molecule has 118 valence electrons. The van der Waals surface area contributed by atoms with Gasteiger partial charge < -0.3 is 9.88 Å². The van der Waals surface area contributed by atoms with E-state index >= 15 is 0 Å². The summed E-state index contributed by atoms with van der Waals surface area (Å²) in [6.07, 6.45) is 9.60. The quantitative estimate of drug-likeness (QED) is 0.908. The first-order valence-corrected chi connectivity index (χ1v) is 8.11. The molecule has 0 aromatic carbocycles. The maximum absolute atomic E-state index is 12.3. The lowest BCUT2D eigenvalue weighted by molar-refractivity contribution is 0.102. The first-order valence-electron chi connectivity index (χ1n) is 8.11. The van der Waals surface area contributed by atoms with Crippen LogP contribution >= 0.6 is 0 Å². The normalized spacial score (nSPS) is 15.9. The largest absolute Gasteiger partial charge is 0.354 e. The number of aryl methyl sites for hydroxylation is 1. The van der Waals surface area contributed by atoms with Crippen LogP contribution in [0, 0.1) is 12.8 Å². The molecule has 5 heteroatoms. The Morgan fingerprint density at radius 2 is 2.18 bits per heavy atom. The van der Waals surface area contributed by atoms with Crippen LogP contribution in [0.25, 0.3) is 0 Å². The van der Waals surface area contributed by atoms with E-state index in [-0.39, 0.29) is 5.91 Å². The fraction of sp³-hybridized carbons (Fsp3) is 0.529. The predicted molar refractivity (Wildman–Crippen MR) is 87.0 cm³/mol. The van der Waals surface area contributed by atoms with Crippen LogP contribution in [0.2, 0.25) is 0 Å². The minimum Gasteiger partial charge on any atom is -0.354 e. The van der Waals surface area contributed by atoms with Gasteiger partial charge in [-0.15, -0.1) is 0 Å². The number of nitrogens with zero attached hydrogens (tertiary/aromatic N) is 2. The van der Waals surface area contributed by atoms with Gasteiger partial charge >= 0.3 is 0 Å². The molecule has 1 amide bonds. The molecule has 1 saturated carbocycles. The third kappa shape index (κ3) is 3.24. The number of carbonyl (C=O) groups is 1. The summed E-state index contributed by atoms with van der Waals surface area (Å²) in [7, 11) is 1.93. The summed E-state index contributed by atoms with van der Waals surface area (Å²) in [5.74, 6) is 1.27. The Bertz CT molecular complexity index is 649. The summed E-state index contributed by atoms with van der Waals surface area (Å²) in [5, 5.41) is 10.2. The average molecular weight is 300 g/mol. The van der Waals surface area contributed by atoms with E-state index in [0.717, 1.165) is 23.7 Å². The van der Waals surface area contributed by atoms with Crippen molar-refractivity contribution < 1.29 is 4.79 Å². The van der Waals surface area contributed by atoms with Crippen LogP contribution in [0.4, 0.5) is 5.82 Å². The van der Waals surface area contributed by atoms with Crippen LogP contribution in [-0.2, 0) is 13.5 Å². The Labute approximate surface area is 131 Å². The minimum absolute atomic E-state index is 0.103. The van der Waals surface area contributed by atoms with Crippen LogP contribution in [0.15, 0.2) is 18.3 Å². The Hall–Kier alpha value is -2.04. The van der Waals surface area contributed by atoms with Crippen molar-refractivity contribution in [2.24, 2.45) is 13.0 Å². The van der Waals surface area contributed by atoms with E-state index in [1.807, 2.05) is 36.9 Å². The molecule has 22 heavy (non-hydrogen) atoms. The molecule has 1 aliphatic carbocycles. The van der Waals surface area contributed by atoms with Gasteiger partial charge in [0.05, 0.1) is 5.56 Å². The van der Waals surface area contributed by atoms with Crippen LogP contribution in [0.5, 0.6) is 0 Å². The molecule has 0 saturated heterocycles. The van der Waals surface area contributed by atoms with Gasteiger partial charge in [-0.1, -0.05) is 32.1 Å². The van der Waals surface area contributed by atoms with Gasteiger partial charge in [-0.05, 0) is 25.3 Å². The van der Waals surface area contributed by atoms with E-state index in [2.05, 4.69) is 15.5 Å². The zero-order valence-electron chi connectivity index (χ0n) is 13.4. The van der Waals surface area contributed by atoms with Crippen LogP contribution in [0.3, 0.4) is 0 Å². The van der Waals surface area contributed by atoms with E-state index in [0.29, 0.717) is 11.4 Å². The SMILES string of the molecule is Cc1c(C(=O)Nc2cc(CC3CCCCC3)[nH]n2)ccn1C. The molecule has 0 aliphatic heterocycles. The summed E-state index contributed by atoms with van der Waals surface area (Å²) in [5.41, 5.74) is 2.77. The molecular formula is C17H24N4O. The Morgan fingerprint density at radius 3 is 2.86 bits per heavy atom. The Morgan fingerprint density at radius 1 is 1.41 bits per heavy atom. The molecule has 1 fully saturated rings. The third-order valence-electron chi connectivity index (χ3n) is 4.73. The van der Waals surface area contributed by atoms with Crippen molar-refractivity contribution in [1.82, 2.24) is 14.8 Å². The molecular weight excluding hydrogens is 276 g/mol. The molecule has 0 radical (unpaired) electrons. The molecule has 2 aromatic rings. The van der Waals surface area contributed by atoms with Crippen molar-refractivity contribution in [2.45, 2.75) is 45.4 Å². The predicted octanol–water partition coefficient (Wildman–Crippen LogP) is 3.43.